The van der Waals surface area contributed by atoms with Crippen molar-refractivity contribution in [2.45, 2.75) is 36.7 Å². The van der Waals surface area contributed by atoms with Crippen LogP contribution in [0.5, 0.6) is 11.5 Å². The molecule has 1 aliphatic heterocycles. The van der Waals surface area contributed by atoms with Crippen molar-refractivity contribution in [3.63, 3.8) is 0 Å². The number of rotatable bonds is 9. The molecule has 0 unspecified atom stereocenters. The molecule has 1 aliphatic rings. The van der Waals surface area contributed by atoms with Crippen molar-refractivity contribution in [3.8, 4) is 11.5 Å². The summed E-state index contributed by atoms with van der Waals surface area (Å²) in [5.74, 6) is 3.71. The molecule has 0 bridgehead atoms. The molecule has 0 spiro atoms. The lowest BCUT2D eigenvalue weighted by Gasteiger charge is -2.34. The van der Waals surface area contributed by atoms with Gasteiger partial charge in [-0.3, -0.25) is 0 Å². The quantitative estimate of drug-likeness (QED) is 0.343. The molecule has 5 heteroatoms. The molecule has 2 aromatic carbocycles. The zero-order chi connectivity index (χ0) is 22.1. The predicted molar refractivity (Wildman–Crippen MR) is 139 cm³/mol. The van der Waals surface area contributed by atoms with Crippen LogP contribution in [0.2, 0.25) is 0 Å². The Labute approximate surface area is 200 Å². The van der Waals surface area contributed by atoms with Gasteiger partial charge in [0.2, 0.25) is 0 Å². The minimum absolute atomic E-state index is 0.0627. The summed E-state index contributed by atoms with van der Waals surface area (Å²) in [6.45, 7) is 2.24. The molecule has 31 heavy (non-hydrogen) atoms. The summed E-state index contributed by atoms with van der Waals surface area (Å²) in [4.78, 5) is 0. The maximum atomic E-state index is 6.61. The van der Waals surface area contributed by atoms with Crippen LogP contribution in [-0.4, -0.2) is 25.7 Å². The number of aryl methyl sites for hydroxylation is 1. The number of allylic oxidation sites excluding steroid dienone is 2. The SMILES string of the molecule is CCCCc1ccc(C2(/C=C/C=C(\Cl)c3ccc(OC)c(OC)c3)SCCCS2)cc1. The van der Waals surface area contributed by atoms with Crippen LogP contribution in [0.25, 0.3) is 5.03 Å². The van der Waals surface area contributed by atoms with E-state index in [1.54, 1.807) is 14.2 Å². The van der Waals surface area contributed by atoms with Crippen LogP contribution in [0.15, 0.2) is 60.7 Å². The molecule has 0 saturated carbocycles. The minimum atomic E-state index is -0.0627. The summed E-state index contributed by atoms with van der Waals surface area (Å²) in [5.41, 5.74) is 3.68. The van der Waals surface area contributed by atoms with E-state index >= 15 is 0 Å². The van der Waals surface area contributed by atoms with E-state index in [0.717, 1.165) is 12.0 Å². The maximum absolute atomic E-state index is 6.61. The molecule has 2 nitrogen and oxygen atoms in total. The molecular formula is C26H31ClO2S2. The van der Waals surface area contributed by atoms with Crippen LogP contribution < -0.4 is 9.47 Å². The van der Waals surface area contributed by atoms with Crippen LogP contribution in [0.3, 0.4) is 0 Å². The van der Waals surface area contributed by atoms with E-state index in [-0.39, 0.29) is 4.08 Å². The van der Waals surface area contributed by atoms with Gasteiger partial charge in [-0.2, -0.15) is 0 Å². The maximum Gasteiger partial charge on any atom is 0.161 e. The molecule has 0 N–H and O–H groups in total. The molecule has 0 aliphatic carbocycles. The number of ether oxygens (including phenoxy) is 2. The van der Waals surface area contributed by atoms with Gasteiger partial charge in [0.1, 0.15) is 4.08 Å². The van der Waals surface area contributed by atoms with E-state index in [2.05, 4.69) is 43.3 Å². The Morgan fingerprint density at radius 3 is 2.39 bits per heavy atom. The van der Waals surface area contributed by atoms with Crippen LogP contribution >= 0.6 is 35.1 Å². The van der Waals surface area contributed by atoms with Crippen LogP contribution in [0.4, 0.5) is 0 Å². The van der Waals surface area contributed by atoms with Gasteiger partial charge >= 0.3 is 0 Å². The second-order valence-electron chi connectivity index (χ2n) is 7.46. The molecular weight excluding hydrogens is 444 g/mol. The molecule has 3 rings (SSSR count). The summed E-state index contributed by atoms with van der Waals surface area (Å²) >= 11 is 10.6. The summed E-state index contributed by atoms with van der Waals surface area (Å²) in [7, 11) is 3.26. The number of unbranched alkanes of at least 4 members (excludes halogenated alkanes) is 1. The topological polar surface area (TPSA) is 18.5 Å². The third kappa shape index (κ3) is 6.27. The van der Waals surface area contributed by atoms with Crippen LogP contribution in [-0.2, 0) is 10.5 Å². The second kappa shape index (κ2) is 11.9. The number of thioether (sulfide) groups is 2. The summed E-state index contributed by atoms with van der Waals surface area (Å²) in [6.07, 6.45) is 11.2. The van der Waals surface area contributed by atoms with Crippen molar-refractivity contribution in [2.75, 3.05) is 25.7 Å². The van der Waals surface area contributed by atoms with Crippen LogP contribution in [0.1, 0.15) is 42.9 Å². The van der Waals surface area contributed by atoms with Gasteiger partial charge in [0.25, 0.3) is 0 Å². The highest BCUT2D eigenvalue weighted by molar-refractivity contribution is 8.18. The predicted octanol–water partition coefficient (Wildman–Crippen LogP) is 7.91. The lowest BCUT2D eigenvalue weighted by molar-refractivity contribution is 0.355. The van der Waals surface area contributed by atoms with Crippen LogP contribution in [0, 0.1) is 0 Å². The van der Waals surface area contributed by atoms with Gasteiger partial charge in [0.05, 0.1) is 14.2 Å². The molecule has 2 aromatic rings. The molecule has 1 fully saturated rings. The number of halogens is 1. The molecule has 0 atom stereocenters. The van der Waals surface area contributed by atoms with Gasteiger partial charge in [-0.15, -0.1) is 23.5 Å². The van der Waals surface area contributed by atoms with E-state index in [4.69, 9.17) is 21.1 Å². The molecule has 0 aromatic heterocycles. The molecule has 0 amide bonds. The average Bonchev–Trinajstić information content (AvgIpc) is 2.83. The Morgan fingerprint density at radius 2 is 1.74 bits per heavy atom. The van der Waals surface area contributed by atoms with Gasteiger partial charge < -0.3 is 9.47 Å². The Bertz CT molecular complexity index is 900. The molecule has 1 saturated heterocycles. The fraction of sp³-hybridized carbons (Fsp3) is 0.385. The third-order valence-electron chi connectivity index (χ3n) is 5.31. The van der Waals surface area contributed by atoms with E-state index in [9.17, 15) is 0 Å². The lowest BCUT2D eigenvalue weighted by atomic mass is 10.0. The summed E-state index contributed by atoms with van der Waals surface area (Å²) in [6, 6.07) is 14.9. The normalized spacial score (nSPS) is 16.5. The first-order chi connectivity index (χ1) is 15.1. The Kier molecular flexibility index (Phi) is 9.30. The van der Waals surface area contributed by atoms with E-state index in [1.807, 2.05) is 47.8 Å². The van der Waals surface area contributed by atoms with Gasteiger partial charge in [-0.1, -0.05) is 61.4 Å². The number of methoxy groups -OCH3 is 2. The van der Waals surface area contributed by atoms with Crippen molar-refractivity contribution in [3.05, 3.63) is 77.4 Å². The number of hydrogen-bond acceptors (Lipinski definition) is 4. The molecule has 1 heterocycles. The second-order valence-corrected chi connectivity index (χ2v) is 10.8. The van der Waals surface area contributed by atoms with Gasteiger partial charge in [0, 0.05) is 5.03 Å². The average molecular weight is 475 g/mol. The van der Waals surface area contributed by atoms with Crippen molar-refractivity contribution >= 4 is 40.2 Å². The fourth-order valence-electron chi connectivity index (χ4n) is 3.53. The van der Waals surface area contributed by atoms with Crippen molar-refractivity contribution in [2.24, 2.45) is 0 Å². The highest BCUT2D eigenvalue weighted by Crippen LogP contribution is 2.51. The van der Waals surface area contributed by atoms with Crippen molar-refractivity contribution in [1.82, 2.24) is 0 Å². The Morgan fingerprint density at radius 1 is 1.03 bits per heavy atom. The monoisotopic (exact) mass is 474 g/mol. The fourth-order valence-corrected chi connectivity index (χ4v) is 6.88. The highest BCUT2D eigenvalue weighted by atomic mass is 35.5. The first-order valence-corrected chi connectivity index (χ1v) is 13.1. The summed E-state index contributed by atoms with van der Waals surface area (Å²) in [5, 5.41) is 0.674. The highest BCUT2D eigenvalue weighted by Gasteiger charge is 2.32. The van der Waals surface area contributed by atoms with Gasteiger partial charge in [-0.05, 0) is 71.7 Å². The zero-order valence-corrected chi connectivity index (χ0v) is 20.9. The number of benzene rings is 2. The number of hydrogen-bond donors (Lipinski definition) is 0. The van der Waals surface area contributed by atoms with Gasteiger partial charge in [-0.25, -0.2) is 0 Å². The lowest BCUT2D eigenvalue weighted by Crippen LogP contribution is -2.20. The van der Waals surface area contributed by atoms with Crippen molar-refractivity contribution < 1.29 is 9.47 Å². The van der Waals surface area contributed by atoms with Gasteiger partial charge in [0.15, 0.2) is 11.5 Å². The van der Waals surface area contributed by atoms with E-state index in [1.165, 1.54) is 41.9 Å². The molecule has 0 radical (unpaired) electrons. The van der Waals surface area contributed by atoms with E-state index < -0.39 is 0 Å². The first-order valence-electron chi connectivity index (χ1n) is 10.8. The minimum Gasteiger partial charge on any atom is -0.493 e. The Balaban J connectivity index is 1.82. The van der Waals surface area contributed by atoms with E-state index in [0.29, 0.717) is 16.5 Å². The smallest absolute Gasteiger partial charge is 0.161 e. The summed E-state index contributed by atoms with van der Waals surface area (Å²) < 4.78 is 10.7. The Hall–Kier alpha value is -1.49. The third-order valence-corrected chi connectivity index (χ3v) is 8.95. The zero-order valence-electron chi connectivity index (χ0n) is 18.5. The first kappa shape index (κ1) is 24.2. The largest absolute Gasteiger partial charge is 0.493 e. The van der Waals surface area contributed by atoms with Crippen molar-refractivity contribution in [1.29, 1.82) is 0 Å². The standard InChI is InChI=1S/C26H31ClO2S2/c1-4-5-8-20-10-13-22(14-11-20)26(30-17-7-18-31-26)16-6-9-23(27)21-12-15-24(28-2)25(19-21)29-3/h6,9-16,19H,4-5,7-8,17-18H2,1-3H3/b16-6+,23-9-. The molecule has 166 valence electrons.